The third-order valence-corrected chi connectivity index (χ3v) is 3.80. The maximum Gasteiger partial charge on any atom is 0.269 e. The van der Waals surface area contributed by atoms with E-state index in [-0.39, 0.29) is 10.6 Å². The van der Waals surface area contributed by atoms with E-state index in [1.54, 1.807) is 18.3 Å². The Morgan fingerprint density at radius 2 is 1.96 bits per heavy atom. The van der Waals surface area contributed by atoms with Crippen molar-refractivity contribution in [2.24, 2.45) is 4.99 Å². The number of hydrogen-bond acceptors (Lipinski definition) is 4. The van der Waals surface area contributed by atoms with Crippen LogP contribution in [0.1, 0.15) is 31.0 Å². The molecule has 0 unspecified atom stereocenters. The van der Waals surface area contributed by atoms with E-state index in [1.165, 1.54) is 0 Å². The summed E-state index contributed by atoms with van der Waals surface area (Å²) in [5.41, 5.74) is 2.18. The van der Waals surface area contributed by atoms with Crippen LogP contribution >= 0.6 is 0 Å². The summed E-state index contributed by atoms with van der Waals surface area (Å²) in [4.78, 5) is 19.1. The van der Waals surface area contributed by atoms with Crippen LogP contribution < -0.4 is 10.6 Å². The van der Waals surface area contributed by atoms with E-state index in [0.717, 1.165) is 49.6 Å². The van der Waals surface area contributed by atoms with Gasteiger partial charge in [-0.1, -0.05) is 18.2 Å². The third-order valence-electron chi connectivity index (χ3n) is 3.80. The molecule has 2 aromatic rings. The van der Waals surface area contributed by atoms with Gasteiger partial charge in [-0.3, -0.25) is 15.1 Å². The number of aliphatic imine (C=N–C) groups is 1. The van der Waals surface area contributed by atoms with Crippen molar-refractivity contribution >= 4 is 11.6 Å². The fourth-order valence-corrected chi connectivity index (χ4v) is 2.44. The van der Waals surface area contributed by atoms with Gasteiger partial charge in [0.2, 0.25) is 0 Å². The number of nitro benzene ring substituents is 1. The molecule has 0 aliphatic carbocycles. The molecule has 0 atom stereocenters. The van der Waals surface area contributed by atoms with Gasteiger partial charge in [-0.05, 0) is 43.9 Å². The molecule has 1 aromatic carbocycles. The van der Waals surface area contributed by atoms with Crippen molar-refractivity contribution in [3.63, 3.8) is 0 Å². The summed E-state index contributed by atoms with van der Waals surface area (Å²) >= 11 is 0. The lowest BCUT2D eigenvalue weighted by Gasteiger charge is -2.11. The number of nitrogens with one attached hydrogen (secondary N) is 2. The highest BCUT2D eigenvalue weighted by Gasteiger charge is 2.04. The molecule has 0 aliphatic rings. The van der Waals surface area contributed by atoms with Gasteiger partial charge in [0.15, 0.2) is 5.96 Å². The van der Waals surface area contributed by atoms with Crippen molar-refractivity contribution in [1.82, 2.24) is 15.6 Å². The number of nitro groups is 1. The van der Waals surface area contributed by atoms with Gasteiger partial charge in [0.25, 0.3) is 5.69 Å². The third kappa shape index (κ3) is 6.88. The Bertz CT molecular complexity index is 702. The van der Waals surface area contributed by atoms with Crippen molar-refractivity contribution in [3.05, 3.63) is 70.0 Å². The van der Waals surface area contributed by atoms with Gasteiger partial charge in [-0.25, -0.2) is 4.99 Å². The summed E-state index contributed by atoms with van der Waals surface area (Å²) in [5, 5.41) is 17.2. The highest BCUT2D eigenvalue weighted by atomic mass is 16.6. The van der Waals surface area contributed by atoms with Gasteiger partial charge in [-0.15, -0.1) is 0 Å². The average molecular weight is 355 g/mol. The second-order valence-corrected chi connectivity index (χ2v) is 5.82. The second-order valence-electron chi connectivity index (χ2n) is 5.82. The standard InChI is InChI=1S/C19H25N5O2/c1-2-20-19(23-15-17-8-4-6-13-21-17)22-14-5-3-7-16-9-11-18(12-10-16)24(25)26/h4,6,8-13H,2-3,5,7,14-15H2,1H3,(H2,20,22,23). The lowest BCUT2D eigenvalue weighted by atomic mass is 10.1. The zero-order chi connectivity index (χ0) is 18.6. The Hall–Kier alpha value is -2.96. The van der Waals surface area contributed by atoms with Crippen molar-refractivity contribution in [2.75, 3.05) is 13.1 Å². The first-order chi connectivity index (χ1) is 12.7. The Labute approximate surface area is 153 Å². The SMILES string of the molecule is CCNC(=NCc1ccccn1)NCCCCc1ccc([N+](=O)[O-])cc1. The molecule has 0 saturated heterocycles. The number of guanidine groups is 1. The van der Waals surface area contributed by atoms with E-state index in [0.29, 0.717) is 6.54 Å². The van der Waals surface area contributed by atoms with Crippen LogP contribution in [0.15, 0.2) is 53.7 Å². The summed E-state index contributed by atoms with van der Waals surface area (Å²) in [5.74, 6) is 0.786. The minimum absolute atomic E-state index is 0.134. The summed E-state index contributed by atoms with van der Waals surface area (Å²) in [7, 11) is 0. The molecule has 0 radical (unpaired) electrons. The van der Waals surface area contributed by atoms with Crippen LogP contribution in [0.4, 0.5) is 5.69 Å². The second kappa shape index (κ2) is 10.8. The van der Waals surface area contributed by atoms with E-state index in [4.69, 9.17) is 0 Å². The molecule has 7 nitrogen and oxygen atoms in total. The number of nitrogens with zero attached hydrogens (tertiary/aromatic N) is 3. The minimum atomic E-state index is -0.375. The molecule has 0 amide bonds. The van der Waals surface area contributed by atoms with E-state index in [1.807, 2.05) is 37.3 Å². The van der Waals surface area contributed by atoms with Crippen LogP contribution in [0.25, 0.3) is 0 Å². The number of unbranched alkanes of at least 4 members (excludes halogenated alkanes) is 1. The number of hydrogen-bond donors (Lipinski definition) is 2. The number of aryl methyl sites for hydroxylation is 1. The highest BCUT2D eigenvalue weighted by Crippen LogP contribution is 2.13. The molecule has 2 N–H and O–H groups in total. The van der Waals surface area contributed by atoms with E-state index in [2.05, 4.69) is 20.6 Å². The minimum Gasteiger partial charge on any atom is -0.357 e. The fraction of sp³-hybridized carbons (Fsp3) is 0.368. The van der Waals surface area contributed by atoms with Crippen LogP contribution in [0.5, 0.6) is 0 Å². The summed E-state index contributed by atoms with van der Waals surface area (Å²) in [6.45, 7) is 4.20. The Kier molecular flexibility index (Phi) is 8.05. The first kappa shape index (κ1) is 19.4. The lowest BCUT2D eigenvalue weighted by molar-refractivity contribution is -0.384. The Morgan fingerprint density at radius 3 is 2.62 bits per heavy atom. The topological polar surface area (TPSA) is 92.5 Å². The summed E-state index contributed by atoms with van der Waals surface area (Å²) in [6.07, 6.45) is 4.67. The van der Waals surface area contributed by atoms with E-state index < -0.39 is 0 Å². The number of aromatic nitrogens is 1. The molecule has 1 aromatic heterocycles. The zero-order valence-corrected chi connectivity index (χ0v) is 15.0. The Morgan fingerprint density at radius 1 is 1.15 bits per heavy atom. The molecular weight excluding hydrogens is 330 g/mol. The molecule has 0 fully saturated rings. The average Bonchev–Trinajstić information content (AvgIpc) is 2.67. The zero-order valence-electron chi connectivity index (χ0n) is 15.0. The van der Waals surface area contributed by atoms with Crippen LogP contribution in [0, 0.1) is 10.1 Å². The molecule has 0 saturated carbocycles. The van der Waals surface area contributed by atoms with E-state index in [9.17, 15) is 10.1 Å². The van der Waals surface area contributed by atoms with Gasteiger partial charge < -0.3 is 10.6 Å². The van der Waals surface area contributed by atoms with Gasteiger partial charge >= 0.3 is 0 Å². The molecule has 0 bridgehead atoms. The van der Waals surface area contributed by atoms with Gasteiger partial charge in [0, 0.05) is 31.4 Å². The monoisotopic (exact) mass is 355 g/mol. The molecule has 2 rings (SSSR count). The van der Waals surface area contributed by atoms with Crippen LogP contribution in [0.2, 0.25) is 0 Å². The molecule has 1 heterocycles. The number of benzene rings is 1. The largest absolute Gasteiger partial charge is 0.357 e. The van der Waals surface area contributed by atoms with Crippen molar-refractivity contribution in [2.45, 2.75) is 32.7 Å². The van der Waals surface area contributed by atoms with Crippen LogP contribution in [-0.4, -0.2) is 29.0 Å². The van der Waals surface area contributed by atoms with Crippen LogP contribution in [0.3, 0.4) is 0 Å². The molecule has 0 spiro atoms. The molecule has 138 valence electrons. The lowest BCUT2D eigenvalue weighted by Crippen LogP contribution is -2.37. The highest BCUT2D eigenvalue weighted by molar-refractivity contribution is 5.79. The molecular formula is C19H25N5O2. The summed E-state index contributed by atoms with van der Waals surface area (Å²) in [6, 6.07) is 12.6. The molecule has 26 heavy (non-hydrogen) atoms. The van der Waals surface area contributed by atoms with Gasteiger partial charge in [0.1, 0.15) is 0 Å². The number of pyridine rings is 1. The van der Waals surface area contributed by atoms with Crippen molar-refractivity contribution < 1.29 is 4.92 Å². The summed E-state index contributed by atoms with van der Waals surface area (Å²) < 4.78 is 0. The first-order valence-corrected chi connectivity index (χ1v) is 8.84. The predicted molar refractivity (Wildman–Crippen MR) is 103 cm³/mol. The quantitative estimate of drug-likeness (QED) is 0.237. The normalized spacial score (nSPS) is 11.2. The van der Waals surface area contributed by atoms with Gasteiger partial charge in [-0.2, -0.15) is 0 Å². The van der Waals surface area contributed by atoms with Crippen molar-refractivity contribution in [3.8, 4) is 0 Å². The maximum absolute atomic E-state index is 10.6. The molecule has 7 heteroatoms. The number of rotatable bonds is 9. The van der Waals surface area contributed by atoms with Crippen LogP contribution in [-0.2, 0) is 13.0 Å². The molecule has 0 aliphatic heterocycles. The maximum atomic E-state index is 10.6. The predicted octanol–water partition coefficient (Wildman–Crippen LogP) is 3.07. The van der Waals surface area contributed by atoms with E-state index >= 15 is 0 Å². The smallest absolute Gasteiger partial charge is 0.269 e. The number of non-ortho nitro benzene ring substituents is 1. The fourth-order valence-electron chi connectivity index (χ4n) is 2.44. The van der Waals surface area contributed by atoms with Crippen molar-refractivity contribution in [1.29, 1.82) is 0 Å². The first-order valence-electron chi connectivity index (χ1n) is 8.84. The Balaban J connectivity index is 1.71. The van der Waals surface area contributed by atoms with Gasteiger partial charge in [0.05, 0.1) is 17.2 Å².